The summed E-state index contributed by atoms with van der Waals surface area (Å²) in [7, 11) is 0. The predicted molar refractivity (Wildman–Crippen MR) is 241 cm³/mol. The fraction of sp³-hybridized carbons (Fsp3) is 0.440. The fourth-order valence-corrected chi connectivity index (χ4v) is 11.2. The first kappa shape index (κ1) is 41.1. The van der Waals surface area contributed by atoms with Crippen molar-refractivity contribution in [1.29, 1.82) is 0 Å². The summed E-state index contributed by atoms with van der Waals surface area (Å²) < 4.78 is 33.2. The molecule has 4 N–H and O–H groups in total. The van der Waals surface area contributed by atoms with Crippen molar-refractivity contribution in [1.82, 2.24) is 30.2 Å². The third-order valence-corrected chi connectivity index (χ3v) is 14.4. The number of carbonyl (C=O) groups is 2. The Morgan fingerprint density at radius 1 is 0.683 bits per heavy atom. The molecule has 328 valence electrons. The first-order valence-electron chi connectivity index (χ1n) is 23.0. The molecular formula is C50H56F2N8O3. The Bertz CT molecular complexity index is 2610. The number of piperidine rings is 1. The molecule has 4 fully saturated rings. The Kier molecular flexibility index (Phi) is 11.0. The number of rotatable bonds is 10. The zero-order chi connectivity index (χ0) is 43.4. The zero-order valence-electron chi connectivity index (χ0n) is 36.0. The van der Waals surface area contributed by atoms with Crippen molar-refractivity contribution in [2.24, 2.45) is 5.92 Å². The molecule has 5 heterocycles. The van der Waals surface area contributed by atoms with E-state index in [1.54, 1.807) is 4.90 Å². The summed E-state index contributed by atoms with van der Waals surface area (Å²) in [5, 5.41) is 11.9. The van der Waals surface area contributed by atoms with Crippen molar-refractivity contribution in [2.75, 3.05) is 29.4 Å². The molecule has 1 aliphatic carbocycles. The number of aromatic amines is 2. The predicted octanol–water partition coefficient (Wildman–Crippen LogP) is 10.8. The zero-order valence-corrected chi connectivity index (χ0v) is 36.0. The smallest absolute Gasteiger partial charge is 0.405 e. The third-order valence-electron chi connectivity index (χ3n) is 14.4. The lowest BCUT2D eigenvalue weighted by atomic mass is 9.89. The molecule has 4 aliphatic rings. The summed E-state index contributed by atoms with van der Waals surface area (Å²) in [6.45, 7) is 5.33. The molecule has 3 aliphatic heterocycles. The molecule has 3 saturated heterocycles. The molecule has 0 bridgehead atoms. The van der Waals surface area contributed by atoms with E-state index in [0.717, 1.165) is 84.0 Å². The lowest BCUT2D eigenvalue weighted by molar-refractivity contribution is -0.135. The summed E-state index contributed by atoms with van der Waals surface area (Å²) in [4.78, 5) is 48.2. The van der Waals surface area contributed by atoms with E-state index in [9.17, 15) is 14.7 Å². The minimum Gasteiger partial charge on any atom is -0.465 e. The SMILES string of the molecule is CC(C)[C@H](NC(=O)O)C(=O)N1CCC[C@H]1c1nc2ccc([C@H]3CC[C@H](c4ccc5nc(C6CCCC6)[nH]c5c4)N3c3cc(F)c(N4CCC(c5ccccc5)CC4)c(F)c3)cc2[nH]1. The molecule has 63 heavy (non-hydrogen) atoms. The Morgan fingerprint density at radius 2 is 1.29 bits per heavy atom. The molecule has 11 nitrogen and oxygen atoms in total. The quantitative estimate of drug-likeness (QED) is 0.108. The van der Waals surface area contributed by atoms with Gasteiger partial charge in [-0.25, -0.2) is 23.5 Å². The third kappa shape index (κ3) is 7.88. The molecule has 6 aromatic rings. The normalized spacial score (nSPS) is 21.7. The van der Waals surface area contributed by atoms with Crippen LogP contribution in [0.3, 0.4) is 0 Å². The van der Waals surface area contributed by atoms with Crippen LogP contribution in [0, 0.1) is 17.6 Å². The van der Waals surface area contributed by atoms with Gasteiger partial charge in [-0.05, 0) is 116 Å². The molecule has 0 radical (unpaired) electrons. The largest absolute Gasteiger partial charge is 0.465 e. The van der Waals surface area contributed by atoms with Crippen LogP contribution < -0.4 is 15.1 Å². The summed E-state index contributed by atoms with van der Waals surface area (Å²) in [6.07, 6.45) is 8.15. The molecule has 4 aromatic carbocycles. The first-order chi connectivity index (χ1) is 30.6. The summed E-state index contributed by atoms with van der Waals surface area (Å²) in [6, 6.07) is 24.4. The number of H-pyrrole nitrogens is 2. The number of nitrogens with one attached hydrogen (secondary N) is 3. The van der Waals surface area contributed by atoms with Gasteiger partial charge in [-0.1, -0.05) is 69.2 Å². The van der Waals surface area contributed by atoms with Crippen LogP contribution in [0.25, 0.3) is 22.1 Å². The number of likely N-dealkylation sites (tertiary alicyclic amines) is 1. The number of nitrogens with zero attached hydrogens (tertiary/aromatic N) is 5. The van der Waals surface area contributed by atoms with Crippen molar-refractivity contribution < 1.29 is 23.5 Å². The van der Waals surface area contributed by atoms with Gasteiger partial charge in [-0.2, -0.15) is 0 Å². The van der Waals surface area contributed by atoms with E-state index in [0.29, 0.717) is 49.4 Å². The Balaban J connectivity index is 0.972. The van der Waals surface area contributed by atoms with Crippen molar-refractivity contribution >= 4 is 45.4 Å². The Morgan fingerprint density at radius 3 is 1.89 bits per heavy atom. The van der Waals surface area contributed by atoms with Gasteiger partial charge in [0.1, 0.15) is 23.4 Å². The van der Waals surface area contributed by atoms with Crippen LogP contribution in [0.15, 0.2) is 78.9 Å². The van der Waals surface area contributed by atoms with E-state index >= 15 is 8.78 Å². The van der Waals surface area contributed by atoms with Gasteiger partial charge in [-0.15, -0.1) is 0 Å². The number of fused-ring (bicyclic) bond motifs is 2. The van der Waals surface area contributed by atoms with Crippen LogP contribution in [0.5, 0.6) is 0 Å². The highest BCUT2D eigenvalue weighted by Crippen LogP contribution is 2.49. The number of hydrogen-bond acceptors (Lipinski definition) is 6. The van der Waals surface area contributed by atoms with Gasteiger partial charge in [0.25, 0.3) is 0 Å². The van der Waals surface area contributed by atoms with Crippen LogP contribution >= 0.6 is 0 Å². The van der Waals surface area contributed by atoms with E-state index in [-0.39, 0.29) is 35.6 Å². The summed E-state index contributed by atoms with van der Waals surface area (Å²) in [5.74, 6) is 0.920. The van der Waals surface area contributed by atoms with E-state index in [4.69, 9.17) is 9.97 Å². The standard InChI is InChI=1S/C50H56F2N8O3/c1-29(2)45(57-50(62)63)49(61)59-22-8-13-44(59)48-54-39-17-15-34(26-41(39)56-48)43-19-18-42(33-14-16-38-40(25-33)55-47(53-38)32-11-6-7-12-32)60(43)35-27-36(51)46(37(52)28-35)58-23-20-31(21-24-58)30-9-4-3-5-10-30/h3-5,9-10,14-17,25-29,31-32,42-45,57H,6-8,11-13,18-24H2,1-2H3,(H,53,55)(H,54,56)(H,62,63)/t42-,43-,44+,45+/m1/s1. The van der Waals surface area contributed by atoms with Crippen molar-refractivity contribution in [2.45, 2.75) is 114 Å². The molecule has 2 aromatic heterocycles. The van der Waals surface area contributed by atoms with Gasteiger partial charge in [0.2, 0.25) is 5.91 Å². The highest BCUT2D eigenvalue weighted by atomic mass is 19.1. The van der Waals surface area contributed by atoms with Gasteiger partial charge in [-0.3, -0.25) is 4.79 Å². The van der Waals surface area contributed by atoms with Crippen molar-refractivity contribution in [3.8, 4) is 0 Å². The van der Waals surface area contributed by atoms with Gasteiger partial charge < -0.3 is 35.1 Å². The number of hydrogen-bond donors (Lipinski definition) is 4. The molecule has 13 heteroatoms. The average Bonchev–Trinajstić information content (AvgIpc) is 4.14. The second kappa shape index (κ2) is 17.0. The molecule has 2 amide bonds. The van der Waals surface area contributed by atoms with Crippen molar-refractivity contribution in [3.63, 3.8) is 0 Å². The van der Waals surface area contributed by atoms with Gasteiger partial charge in [0.05, 0.1) is 40.2 Å². The maximum atomic E-state index is 16.6. The monoisotopic (exact) mass is 854 g/mol. The lowest BCUT2D eigenvalue weighted by Gasteiger charge is -2.36. The van der Waals surface area contributed by atoms with E-state index in [1.165, 1.54) is 30.5 Å². The first-order valence-corrected chi connectivity index (χ1v) is 23.0. The second-order valence-electron chi connectivity index (χ2n) is 18.6. The van der Waals surface area contributed by atoms with Crippen LogP contribution in [0.4, 0.5) is 25.0 Å². The molecule has 1 saturated carbocycles. The minimum absolute atomic E-state index is 0.0418. The second-order valence-corrected chi connectivity index (χ2v) is 18.6. The van der Waals surface area contributed by atoms with E-state index in [2.05, 4.69) is 62.6 Å². The van der Waals surface area contributed by atoms with Gasteiger partial charge >= 0.3 is 6.09 Å². The Labute approximate surface area is 366 Å². The summed E-state index contributed by atoms with van der Waals surface area (Å²) in [5.41, 5.74) is 7.33. The van der Waals surface area contributed by atoms with Gasteiger partial charge in [0, 0.05) is 31.2 Å². The number of aromatic nitrogens is 4. The molecule has 4 atom stereocenters. The van der Waals surface area contributed by atoms with Crippen molar-refractivity contribution in [3.05, 3.63) is 119 Å². The van der Waals surface area contributed by atoms with Crippen LogP contribution in [-0.4, -0.2) is 67.6 Å². The van der Waals surface area contributed by atoms with Crippen LogP contribution in [0.2, 0.25) is 0 Å². The topological polar surface area (TPSA) is 133 Å². The summed E-state index contributed by atoms with van der Waals surface area (Å²) >= 11 is 0. The molecule has 0 spiro atoms. The maximum absolute atomic E-state index is 16.6. The van der Waals surface area contributed by atoms with E-state index < -0.39 is 23.8 Å². The molecule has 0 unspecified atom stereocenters. The number of amides is 2. The number of halogens is 2. The molecule has 10 rings (SSSR count). The van der Waals surface area contributed by atoms with Crippen LogP contribution in [0.1, 0.15) is 136 Å². The highest BCUT2D eigenvalue weighted by Gasteiger charge is 2.40. The highest BCUT2D eigenvalue weighted by molar-refractivity contribution is 5.86. The fourth-order valence-electron chi connectivity index (χ4n) is 11.2. The number of carboxylic acid groups (broad SMARTS) is 1. The van der Waals surface area contributed by atoms with E-state index in [1.807, 2.05) is 43.0 Å². The Hall–Kier alpha value is -5.98. The lowest BCUT2D eigenvalue weighted by Crippen LogP contribution is -2.50. The number of benzene rings is 4. The molecular weight excluding hydrogens is 799 g/mol. The maximum Gasteiger partial charge on any atom is 0.405 e. The van der Waals surface area contributed by atoms with Gasteiger partial charge in [0.15, 0.2) is 11.6 Å². The number of anilines is 2. The minimum atomic E-state index is -1.23. The number of carbonyl (C=O) groups excluding carboxylic acids is 1. The average molecular weight is 855 g/mol. The van der Waals surface area contributed by atoms with Crippen LogP contribution in [-0.2, 0) is 4.79 Å². The number of imidazole rings is 2.